The molecule has 3 aromatic rings. The summed E-state index contributed by atoms with van der Waals surface area (Å²) in [6.45, 7) is 0. The van der Waals surface area contributed by atoms with Crippen LogP contribution in [0.3, 0.4) is 0 Å². The molecule has 1 aromatic heterocycles. The number of methoxy groups -OCH3 is 2. The fraction of sp³-hybridized carbons (Fsp3) is 0.136. The molecule has 146 valence electrons. The molecule has 0 spiro atoms. The summed E-state index contributed by atoms with van der Waals surface area (Å²) < 4.78 is 10.9. The minimum atomic E-state index is -0.980. The molecule has 6 nitrogen and oxygen atoms in total. The summed E-state index contributed by atoms with van der Waals surface area (Å²) in [5.41, 5.74) is 3.06. The van der Waals surface area contributed by atoms with Crippen LogP contribution >= 0.6 is 11.8 Å². The molecule has 0 atom stereocenters. The summed E-state index contributed by atoms with van der Waals surface area (Å²) in [5, 5.41) is 19.3. The Kier molecular flexibility index (Phi) is 6.37. The first-order chi connectivity index (χ1) is 14.1. The molecule has 7 heteroatoms. The van der Waals surface area contributed by atoms with Gasteiger partial charge in [-0.1, -0.05) is 54.2 Å². The highest BCUT2D eigenvalue weighted by molar-refractivity contribution is 7.99. The van der Waals surface area contributed by atoms with Crippen molar-refractivity contribution in [3.63, 3.8) is 0 Å². The second-order valence-electron chi connectivity index (χ2n) is 5.94. The second kappa shape index (κ2) is 9.13. The van der Waals surface area contributed by atoms with Crippen molar-refractivity contribution >= 4 is 17.7 Å². The third-order valence-electron chi connectivity index (χ3n) is 4.19. The number of ether oxygens (including phenoxy) is 2. The number of pyridine rings is 1. The van der Waals surface area contributed by atoms with E-state index in [0.717, 1.165) is 17.3 Å². The number of aromatic nitrogens is 1. The van der Waals surface area contributed by atoms with Crippen molar-refractivity contribution < 1.29 is 19.4 Å². The standard InChI is InChI=1S/C22H18N2O4S/c1-27-19-10-6-9-15(21(19)28-2)16-11-18(14-7-4-3-5-8-14)24-22(17(16)12-23)29-13-20(25)26/h3-11H,13H2,1-2H3,(H,25,26). The molecular formula is C22H18N2O4S. The van der Waals surface area contributed by atoms with Crippen LogP contribution in [0.1, 0.15) is 5.56 Å². The van der Waals surface area contributed by atoms with Crippen LogP contribution in [-0.4, -0.2) is 36.0 Å². The zero-order valence-electron chi connectivity index (χ0n) is 15.9. The minimum Gasteiger partial charge on any atom is -0.493 e. The molecule has 0 bridgehead atoms. The average Bonchev–Trinajstić information content (AvgIpc) is 2.76. The van der Waals surface area contributed by atoms with Gasteiger partial charge in [0.25, 0.3) is 0 Å². The molecule has 0 fully saturated rings. The quantitative estimate of drug-likeness (QED) is 0.578. The molecule has 0 saturated heterocycles. The third kappa shape index (κ3) is 4.33. The lowest BCUT2D eigenvalue weighted by Gasteiger charge is -2.16. The molecule has 0 saturated carbocycles. The Balaban J connectivity index is 2.29. The topological polar surface area (TPSA) is 92.4 Å². The van der Waals surface area contributed by atoms with Crippen LogP contribution in [0.4, 0.5) is 0 Å². The molecule has 1 heterocycles. The van der Waals surface area contributed by atoms with Crippen LogP contribution < -0.4 is 9.47 Å². The molecule has 0 aliphatic heterocycles. The maximum absolute atomic E-state index is 11.1. The van der Waals surface area contributed by atoms with Crippen molar-refractivity contribution in [2.45, 2.75) is 5.03 Å². The molecule has 29 heavy (non-hydrogen) atoms. The van der Waals surface area contributed by atoms with Gasteiger partial charge >= 0.3 is 5.97 Å². The number of benzene rings is 2. The second-order valence-corrected chi connectivity index (χ2v) is 6.90. The first-order valence-corrected chi connectivity index (χ1v) is 9.64. The molecule has 1 N–H and O–H groups in total. The van der Waals surface area contributed by atoms with Gasteiger partial charge in [-0.2, -0.15) is 5.26 Å². The Morgan fingerprint density at radius 3 is 2.48 bits per heavy atom. The predicted octanol–water partition coefficient (Wildman–Crippen LogP) is 4.48. The Hall–Kier alpha value is -3.50. The van der Waals surface area contributed by atoms with Gasteiger partial charge in [-0.15, -0.1) is 0 Å². The van der Waals surface area contributed by atoms with Crippen molar-refractivity contribution in [2.24, 2.45) is 0 Å². The van der Waals surface area contributed by atoms with Crippen LogP contribution in [0.5, 0.6) is 11.5 Å². The lowest BCUT2D eigenvalue weighted by Crippen LogP contribution is -2.02. The Bertz CT molecular complexity index is 1080. The monoisotopic (exact) mass is 406 g/mol. The van der Waals surface area contributed by atoms with Crippen molar-refractivity contribution in [2.75, 3.05) is 20.0 Å². The number of nitriles is 1. The molecule has 0 aliphatic carbocycles. The molecule has 2 aromatic carbocycles. The highest BCUT2D eigenvalue weighted by Crippen LogP contribution is 2.42. The first kappa shape index (κ1) is 20.2. The maximum Gasteiger partial charge on any atom is 0.313 e. The van der Waals surface area contributed by atoms with Gasteiger partial charge in [-0.05, 0) is 12.1 Å². The van der Waals surface area contributed by atoms with Crippen LogP contribution in [0.2, 0.25) is 0 Å². The van der Waals surface area contributed by atoms with Crippen LogP contribution in [0.15, 0.2) is 59.6 Å². The molecule has 3 rings (SSSR count). The van der Waals surface area contributed by atoms with Gasteiger partial charge < -0.3 is 14.6 Å². The largest absolute Gasteiger partial charge is 0.493 e. The van der Waals surface area contributed by atoms with Crippen molar-refractivity contribution in [1.29, 1.82) is 5.26 Å². The Labute approximate surface area is 172 Å². The van der Waals surface area contributed by atoms with Gasteiger partial charge in [0.2, 0.25) is 0 Å². The number of carboxylic acid groups (broad SMARTS) is 1. The SMILES string of the molecule is COc1cccc(-c2cc(-c3ccccc3)nc(SCC(=O)O)c2C#N)c1OC. The summed E-state index contributed by atoms with van der Waals surface area (Å²) >= 11 is 1.02. The van der Waals surface area contributed by atoms with E-state index in [1.807, 2.05) is 48.5 Å². The minimum absolute atomic E-state index is 0.200. The molecular weight excluding hydrogens is 388 g/mol. The van der Waals surface area contributed by atoms with Gasteiger partial charge in [0.15, 0.2) is 11.5 Å². The van der Waals surface area contributed by atoms with Gasteiger partial charge in [0, 0.05) is 16.7 Å². The van der Waals surface area contributed by atoms with Crippen LogP contribution in [0.25, 0.3) is 22.4 Å². The Morgan fingerprint density at radius 2 is 1.86 bits per heavy atom. The van der Waals surface area contributed by atoms with Crippen molar-refractivity contribution in [3.05, 3.63) is 60.2 Å². The fourth-order valence-corrected chi connectivity index (χ4v) is 3.66. The zero-order chi connectivity index (χ0) is 20.8. The van der Waals surface area contributed by atoms with Crippen molar-refractivity contribution in [3.8, 4) is 40.0 Å². The number of aliphatic carboxylic acids is 1. The number of carbonyl (C=O) groups is 1. The summed E-state index contributed by atoms with van der Waals surface area (Å²) in [7, 11) is 3.08. The lowest BCUT2D eigenvalue weighted by atomic mass is 9.98. The molecule has 0 aliphatic rings. The fourth-order valence-electron chi connectivity index (χ4n) is 2.93. The molecule has 0 amide bonds. The van der Waals surface area contributed by atoms with Crippen LogP contribution in [0, 0.1) is 11.3 Å². The summed E-state index contributed by atoms with van der Waals surface area (Å²) in [5.74, 6) is -0.155. The zero-order valence-corrected chi connectivity index (χ0v) is 16.7. The average molecular weight is 406 g/mol. The predicted molar refractivity (Wildman–Crippen MR) is 111 cm³/mol. The van der Waals surface area contributed by atoms with Gasteiger partial charge in [-0.3, -0.25) is 4.79 Å². The van der Waals surface area contributed by atoms with E-state index in [4.69, 9.17) is 14.6 Å². The van der Waals surface area contributed by atoms with E-state index in [1.54, 1.807) is 13.2 Å². The summed E-state index contributed by atoms with van der Waals surface area (Å²) in [6, 6.07) is 18.9. The number of thioether (sulfide) groups is 1. The van der Waals surface area contributed by atoms with E-state index < -0.39 is 5.97 Å². The summed E-state index contributed by atoms with van der Waals surface area (Å²) in [4.78, 5) is 15.7. The van der Waals surface area contributed by atoms with Gasteiger partial charge in [-0.25, -0.2) is 4.98 Å². The van der Waals surface area contributed by atoms with E-state index in [2.05, 4.69) is 11.1 Å². The highest BCUT2D eigenvalue weighted by Gasteiger charge is 2.20. The van der Waals surface area contributed by atoms with Gasteiger partial charge in [0.1, 0.15) is 11.1 Å². The highest BCUT2D eigenvalue weighted by atomic mass is 32.2. The number of carboxylic acids is 1. The molecule has 0 radical (unpaired) electrons. The first-order valence-electron chi connectivity index (χ1n) is 8.65. The summed E-state index contributed by atoms with van der Waals surface area (Å²) in [6.07, 6.45) is 0. The smallest absolute Gasteiger partial charge is 0.313 e. The van der Waals surface area contributed by atoms with E-state index in [9.17, 15) is 10.1 Å². The number of para-hydroxylation sites is 1. The Morgan fingerprint density at radius 1 is 1.10 bits per heavy atom. The molecule has 0 unspecified atom stereocenters. The van der Waals surface area contributed by atoms with E-state index >= 15 is 0 Å². The van der Waals surface area contributed by atoms with Crippen LogP contribution in [-0.2, 0) is 4.79 Å². The normalized spacial score (nSPS) is 10.2. The van der Waals surface area contributed by atoms with Crippen molar-refractivity contribution in [1.82, 2.24) is 4.98 Å². The van der Waals surface area contributed by atoms with Gasteiger partial charge in [0.05, 0.1) is 31.2 Å². The number of hydrogen-bond donors (Lipinski definition) is 1. The van der Waals surface area contributed by atoms with E-state index in [1.165, 1.54) is 7.11 Å². The number of nitrogens with zero attached hydrogens (tertiary/aromatic N) is 2. The lowest BCUT2D eigenvalue weighted by molar-refractivity contribution is -0.133. The number of hydrogen-bond acceptors (Lipinski definition) is 6. The number of rotatable bonds is 7. The third-order valence-corrected chi connectivity index (χ3v) is 5.15. The maximum atomic E-state index is 11.1. The van der Waals surface area contributed by atoms with E-state index in [0.29, 0.717) is 38.9 Å². The van der Waals surface area contributed by atoms with E-state index in [-0.39, 0.29) is 5.75 Å².